The van der Waals surface area contributed by atoms with Crippen molar-refractivity contribution in [3.8, 4) is 28.6 Å². The number of carbonyl (C=O) groups is 1. The van der Waals surface area contributed by atoms with E-state index in [-0.39, 0.29) is 23.5 Å². The molecule has 0 spiro atoms. The van der Waals surface area contributed by atoms with Crippen molar-refractivity contribution >= 4 is 22.6 Å². The van der Waals surface area contributed by atoms with Crippen LogP contribution in [-0.2, 0) is 4.79 Å². The first-order chi connectivity index (χ1) is 16.1. The number of para-hydroxylation sites is 3. The van der Waals surface area contributed by atoms with E-state index in [2.05, 4.69) is 5.32 Å². The van der Waals surface area contributed by atoms with Crippen LogP contribution < -0.4 is 25.0 Å². The number of nitrogens with one attached hydrogen (secondary N) is 1. The summed E-state index contributed by atoms with van der Waals surface area (Å²) in [6, 6.07) is 21.0. The van der Waals surface area contributed by atoms with Crippen LogP contribution in [0.25, 0.3) is 22.3 Å². The van der Waals surface area contributed by atoms with Gasteiger partial charge in [-0.2, -0.15) is 0 Å². The molecule has 0 saturated carbocycles. The van der Waals surface area contributed by atoms with Gasteiger partial charge in [-0.05, 0) is 55.5 Å². The highest BCUT2D eigenvalue weighted by Gasteiger charge is 2.19. The molecule has 4 aromatic rings. The number of benzene rings is 3. The van der Waals surface area contributed by atoms with Gasteiger partial charge in [0.25, 0.3) is 5.91 Å². The van der Waals surface area contributed by atoms with Crippen molar-refractivity contribution in [3.05, 3.63) is 83.0 Å². The zero-order chi connectivity index (χ0) is 23.2. The Bertz CT molecular complexity index is 1330. The topological polar surface area (TPSA) is 87.0 Å². The third kappa shape index (κ3) is 4.82. The van der Waals surface area contributed by atoms with Crippen molar-refractivity contribution in [1.29, 1.82) is 0 Å². The van der Waals surface area contributed by atoms with Gasteiger partial charge in [0, 0.05) is 5.56 Å². The molecule has 0 aliphatic rings. The first kappa shape index (κ1) is 22.0. The summed E-state index contributed by atoms with van der Waals surface area (Å²) in [5.74, 6) is 0.987. The summed E-state index contributed by atoms with van der Waals surface area (Å²) in [5, 5.41) is 3.13. The van der Waals surface area contributed by atoms with Crippen molar-refractivity contribution < 1.29 is 23.4 Å². The largest absolute Gasteiger partial charge is 0.497 e. The van der Waals surface area contributed by atoms with Gasteiger partial charge in [-0.15, -0.1) is 0 Å². The predicted octanol–water partition coefficient (Wildman–Crippen LogP) is 4.88. The number of rotatable bonds is 8. The SMILES string of the molecule is CCOc1ccccc1NC(=O)COc1c(-c2ccc(OC)cc2)oc2ccccc2c1=O. The molecule has 0 aliphatic heterocycles. The molecule has 0 unspecified atom stereocenters. The number of fused-ring (bicyclic) bond motifs is 1. The van der Waals surface area contributed by atoms with Crippen molar-refractivity contribution in [3.63, 3.8) is 0 Å². The molecule has 0 saturated heterocycles. The summed E-state index contributed by atoms with van der Waals surface area (Å²) in [5.41, 5.74) is 1.21. The van der Waals surface area contributed by atoms with Crippen molar-refractivity contribution in [2.75, 3.05) is 25.6 Å². The van der Waals surface area contributed by atoms with Gasteiger partial charge in [0.15, 0.2) is 12.4 Å². The lowest BCUT2D eigenvalue weighted by atomic mass is 10.1. The van der Waals surface area contributed by atoms with E-state index in [1.165, 1.54) is 0 Å². The highest BCUT2D eigenvalue weighted by molar-refractivity contribution is 5.93. The van der Waals surface area contributed by atoms with Crippen LogP contribution in [0.1, 0.15) is 6.92 Å². The normalized spacial score (nSPS) is 10.6. The minimum Gasteiger partial charge on any atom is -0.497 e. The lowest BCUT2D eigenvalue weighted by Gasteiger charge is -2.13. The molecule has 168 valence electrons. The smallest absolute Gasteiger partial charge is 0.262 e. The van der Waals surface area contributed by atoms with E-state index in [1.54, 1.807) is 73.8 Å². The molecule has 7 nitrogen and oxygen atoms in total. The van der Waals surface area contributed by atoms with Gasteiger partial charge in [0.1, 0.15) is 17.1 Å². The summed E-state index contributed by atoms with van der Waals surface area (Å²) in [4.78, 5) is 25.8. The van der Waals surface area contributed by atoms with Gasteiger partial charge in [0.05, 0.1) is 24.8 Å². The molecule has 1 N–H and O–H groups in total. The molecule has 33 heavy (non-hydrogen) atoms. The van der Waals surface area contributed by atoms with Gasteiger partial charge < -0.3 is 23.9 Å². The first-order valence-electron chi connectivity index (χ1n) is 10.5. The predicted molar refractivity (Wildman–Crippen MR) is 126 cm³/mol. The lowest BCUT2D eigenvalue weighted by Crippen LogP contribution is -2.23. The Morgan fingerprint density at radius 1 is 0.939 bits per heavy atom. The molecule has 7 heteroatoms. The monoisotopic (exact) mass is 445 g/mol. The van der Waals surface area contributed by atoms with Crippen LogP contribution in [0, 0.1) is 0 Å². The van der Waals surface area contributed by atoms with Crippen molar-refractivity contribution in [2.45, 2.75) is 6.92 Å². The fourth-order valence-electron chi connectivity index (χ4n) is 3.36. The molecular formula is C26H23NO6. The third-order valence-corrected chi connectivity index (χ3v) is 4.92. The number of hydrogen-bond acceptors (Lipinski definition) is 6. The van der Waals surface area contributed by atoms with Gasteiger partial charge >= 0.3 is 0 Å². The van der Waals surface area contributed by atoms with Crippen LogP contribution in [0.2, 0.25) is 0 Å². The minimum atomic E-state index is -0.435. The van der Waals surface area contributed by atoms with Crippen LogP contribution in [-0.4, -0.2) is 26.2 Å². The van der Waals surface area contributed by atoms with E-state index < -0.39 is 5.91 Å². The maximum Gasteiger partial charge on any atom is 0.262 e. The van der Waals surface area contributed by atoms with Crippen LogP contribution in [0.4, 0.5) is 5.69 Å². The zero-order valence-electron chi connectivity index (χ0n) is 18.3. The Morgan fingerprint density at radius 2 is 1.67 bits per heavy atom. The number of ether oxygens (including phenoxy) is 3. The van der Waals surface area contributed by atoms with E-state index >= 15 is 0 Å². The van der Waals surface area contributed by atoms with Crippen molar-refractivity contribution in [1.82, 2.24) is 0 Å². The Labute approximate surface area is 190 Å². The third-order valence-electron chi connectivity index (χ3n) is 4.92. The summed E-state index contributed by atoms with van der Waals surface area (Å²) < 4.78 is 22.5. The van der Waals surface area contributed by atoms with E-state index in [1.807, 2.05) is 13.0 Å². The van der Waals surface area contributed by atoms with E-state index in [0.29, 0.717) is 40.3 Å². The Morgan fingerprint density at radius 3 is 2.42 bits per heavy atom. The van der Waals surface area contributed by atoms with Crippen LogP contribution in [0.3, 0.4) is 0 Å². The van der Waals surface area contributed by atoms with Gasteiger partial charge in [-0.1, -0.05) is 24.3 Å². The second-order valence-corrected chi connectivity index (χ2v) is 7.08. The number of carbonyl (C=O) groups excluding carboxylic acids is 1. The molecule has 0 fully saturated rings. The molecule has 1 heterocycles. The van der Waals surface area contributed by atoms with E-state index in [0.717, 1.165) is 0 Å². The fraction of sp³-hybridized carbons (Fsp3) is 0.154. The molecule has 0 radical (unpaired) electrons. The van der Waals surface area contributed by atoms with E-state index in [9.17, 15) is 9.59 Å². The number of amides is 1. The van der Waals surface area contributed by atoms with Crippen LogP contribution >= 0.6 is 0 Å². The summed E-state index contributed by atoms with van der Waals surface area (Å²) in [7, 11) is 1.57. The van der Waals surface area contributed by atoms with Crippen molar-refractivity contribution in [2.24, 2.45) is 0 Å². The zero-order valence-corrected chi connectivity index (χ0v) is 18.3. The molecule has 3 aromatic carbocycles. The molecule has 0 aliphatic carbocycles. The highest BCUT2D eigenvalue weighted by atomic mass is 16.5. The second-order valence-electron chi connectivity index (χ2n) is 7.08. The van der Waals surface area contributed by atoms with E-state index in [4.69, 9.17) is 18.6 Å². The first-order valence-corrected chi connectivity index (χ1v) is 10.5. The Hall–Kier alpha value is -4.26. The molecular weight excluding hydrogens is 422 g/mol. The Kier molecular flexibility index (Phi) is 6.59. The fourth-order valence-corrected chi connectivity index (χ4v) is 3.36. The van der Waals surface area contributed by atoms with Crippen LogP contribution in [0.15, 0.2) is 82.0 Å². The summed E-state index contributed by atoms with van der Waals surface area (Å²) >= 11 is 0. The Balaban J connectivity index is 1.64. The quantitative estimate of drug-likeness (QED) is 0.416. The maximum absolute atomic E-state index is 13.2. The lowest BCUT2D eigenvalue weighted by molar-refractivity contribution is -0.118. The number of hydrogen-bond donors (Lipinski definition) is 1. The molecule has 1 aromatic heterocycles. The summed E-state index contributed by atoms with van der Waals surface area (Å²) in [6.45, 7) is 1.95. The molecule has 0 atom stereocenters. The molecule has 0 bridgehead atoms. The van der Waals surface area contributed by atoms with Gasteiger partial charge in [-0.25, -0.2) is 0 Å². The summed E-state index contributed by atoms with van der Waals surface area (Å²) in [6.07, 6.45) is 0. The standard InChI is InChI=1S/C26H23NO6/c1-3-31-22-11-7-5-9-20(22)27-23(28)16-32-26-24(29)19-8-4-6-10-21(19)33-25(26)17-12-14-18(30-2)15-13-17/h4-15H,3,16H2,1-2H3,(H,27,28). The maximum atomic E-state index is 13.2. The average molecular weight is 445 g/mol. The van der Waals surface area contributed by atoms with Gasteiger partial charge in [0.2, 0.25) is 11.2 Å². The molecule has 1 amide bonds. The average Bonchev–Trinajstić information content (AvgIpc) is 2.85. The molecule has 4 rings (SSSR count). The highest BCUT2D eigenvalue weighted by Crippen LogP contribution is 2.32. The number of methoxy groups -OCH3 is 1. The number of anilines is 1. The van der Waals surface area contributed by atoms with Gasteiger partial charge in [-0.3, -0.25) is 9.59 Å². The van der Waals surface area contributed by atoms with Crippen LogP contribution in [0.5, 0.6) is 17.2 Å². The minimum absolute atomic E-state index is 0.0351. The second kappa shape index (κ2) is 9.91.